The fourth-order valence-corrected chi connectivity index (χ4v) is 4.44. The summed E-state index contributed by atoms with van der Waals surface area (Å²) >= 11 is 0. The van der Waals surface area contributed by atoms with Gasteiger partial charge in [-0.3, -0.25) is 5.10 Å². The van der Waals surface area contributed by atoms with Crippen molar-refractivity contribution in [2.24, 2.45) is 0 Å². The molecule has 1 aliphatic rings. The third kappa shape index (κ3) is 3.42. The molecule has 0 bridgehead atoms. The first-order valence-corrected chi connectivity index (χ1v) is 10.9. The Hall–Kier alpha value is -2.72. The van der Waals surface area contributed by atoms with Gasteiger partial charge in [0.1, 0.15) is 5.69 Å². The summed E-state index contributed by atoms with van der Waals surface area (Å²) in [5, 5.41) is 17.3. The smallest absolute Gasteiger partial charge is 0.211 e. The van der Waals surface area contributed by atoms with E-state index in [4.69, 9.17) is 0 Å². The number of nitrogens with zero attached hydrogens (tertiary/aromatic N) is 3. The minimum Gasteiger partial charge on any atom is -0.503 e. The van der Waals surface area contributed by atoms with Crippen molar-refractivity contribution in [2.45, 2.75) is 6.92 Å². The average molecular weight is 422 g/mol. The first-order valence-electron chi connectivity index (χ1n) is 9.03. The van der Waals surface area contributed by atoms with Crippen molar-refractivity contribution in [3.05, 3.63) is 41.5 Å². The van der Waals surface area contributed by atoms with Crippen LogP contribution in [0.15, 0.2) is 24.3 Å². The second-order valence-corrected chi connectivity index (χ2v) is 9.15. The highest BCUT2D eigenvalue weighted by molar-refractivity contribution is 7.88. The Labute approximate surface area is 166 Å². The van der Waals surface area contributed by atoms with Crippen LogP contribution in [0.25, 0.3) is 22.2 Å². The molecule has 10 heteroatoms. The third-order valence-electron chi connectivity index (χ3n) is 5.23. The van der Waals surface area contributed by atoms with Gasteiger partial charge in [-0.2, -0.15) is 9.40 Å². The van der Waals surface area contributed by atoms with E-state index in [1.54, 1.807) is 6.07 Å². The number of sulfonamides is 1. The number of fused-ring (bicyclic) bond motifs is 1. The lowest BCUT2D eigenvalue weighted by molar-refractivity contribution is 0.388. The van der Waals surface area contributed by atoms with Crippen LogP contribution in [0.5, 0.6) is 5.75 Å². The van der Waals surface area contributed by atoms with Crippen molar-refractivity contribution in [3.63, 3.8) is 0 Å². The van der Waals surface area contributed by atoms with E-state index in [1.807, 2.05) is 12.1 Å². The number of rotatable bonds is 3. The molecule has 0 aliphatic carbocycles. The quantitative estimate of drug-likeness (QED) is 0.677. The molecule has 0 spiro atoms. The lowest BCUT2D eigenvalue weighted by Crippen LogP contribution is -2.48. The summed E-state index contributed by atoms with van der Waals surface area (Å²) in [6.45, 7) is 3.37. The first-order chi connectivity index (χ1) is 13.7. The number of aromatic nitrogens is 2. The van der Waals surface area contributed by atoms with Gasteiger partial charge in [-0.15, -0.1) is 0 Å². The van der Waals surface area contributed by atoms with Crippen LogP contribution in [0.4, 0.5) is 14.5 Å². The number of aryl methyl sites for hydroxylation is 1. The number of aromatic amines is 1. The van der Waals surface area contributed by atoms with Gasteiger partial charge in [0.25, 0.3) is 0 Å². The molecule has 29 heavy (non-hydrogen) atoms. The Morgan fingerprint density at radius 3 is 2.45 bits per heavy atom. The number of aromatic hydroxyl groups is 1. The SMILES string of the molecule is Cc1cc(-c2n[nH]c3cc(N4CCN(S(C)(=O)=O)CC4)ccc23)c(F)c(O)c1F. The Morgan fingerprint density at radius 1 is 1.10 bits per heavy atom. The normalized spacial score (nSPS) is 15.9. The monoisotopic (exact) mass is 422 g/mol. The van der Waals surface area contributed by atoms with Gasteiger partial charge in [0, 0.05) is 42.8 Å². The molecule has 2 heterocycles. The molecule has 2 aromatic carbocycles. The van der Waals surface area contributed by atoms with Gasteiger partial charge >= 0.3 is 0 Å². The molecule has 7 nitrogen and oxygen atoms in total. The largest absolute Gasteiger partial charge is 0.503 e. The van der Waals surface area contributed by atoms with Crippen LogP contribution in [0.1, 0.15) is 5.56 Å². The van der Waals surface area contributed by atoms with Crippen molar-refractivity contribution < 1.29 is 22.3 Å². The molecule has 1 aliphatic heterocycles. The predicted octanol–water partition coefficient (Wildman–Crippen LogP) is 2.60. The van der Waals surface area contributed by atoms with Crippen LogP contribution in [0, 0.1) is 18.6 Å². The van der Waals surface area contributed by atoms with E-state index in [1.165, 1.54) is 23.6 Å². The summed E-state index contributed by atoms with van der Waals surface area (Å²) in [6.07, 6.45) is 1.20. The van der Waals surface area contributed by atoms with Crippen molar-refractivity contribution in [1.82, 2.24) is 14.5 Å². The summed E-state index contributed by atoms with van der Waals surface area (Å²) in [4.78, 5) is 2.07. The van der Waals surface area contributed by atoms with Crippen LogP contribution >= 0.6 is 0 Å². The Balaban J connectivity index is 1.66. The van der Waals surface area contributed by atoms with Crippen LogP contribution in [-0.4, -0.2) is 60.5 Å². The minimum atomic E-state index is -3.20. The number of hydrogen-bond donors (Lipinski definition) is 2. The highest BCUT2D eigenvalue weighted by atomic mass is 32.2. The second kappa shape index (κ2) is 6.96. The van der Waals surface area contributed by atoms with Gasteiger partial charge in [0.15, 0.2) is 17.4 Å². The fourth-order valence-electron chi connectivity index (χ4n) is 3.61. The molecule has 0 amide bonds. The summed E-state index contributed by atoms with van der Waals surface area (Å²) in [7, 11) is -3.20. The minimum absolute atomic E-state index is 0.0159. The lowest BCUT2D eigenvalue weighted by atomic mass is 10.0. The number of H-pyrrole nitrogens is 1. The summed E-state index contributed by atoms with van der Waals surface area (Å²) in [5.74, 6) is -3.05. The maximum absolute atomic E-state index is 14.4. The molecule has 0 atom stereocenters. The number of halogens is 2. The number of piperazine rings is 1. The Kier molecular flexibility index (Phi) is 4.70. The highest BCUT2D eigenvalue weighted by Crippen LogP contribution is 2.36. The zero-order chi connectivity index (χ0) is 20.9. The molecular weight excluding hydrogens is 402 g/mol. The highest BCUT2D eigenvalue weighted by Gasteiger charge is 2.24. The standard InChI is InChI=1S/C19H20F2N4O3S/c1-11-9-14(17(21)19(26)16(11)20)18-13-4-3-12(10-15(13)22-23-18)24-5-7-25(8-6-24)29(2,27)28/h3-4,9-10,26H,5-8H2,1-2H3,(H,22,23). The van der Waals surface area contributed by atoms with Gasteiger partial charge in [-0.1, -0.05) is 0 Å². The van der Waals surface area contributed by atoms with E-state index in [2.05, 4.69) is 15.1 Å². The van der Waals surface area contributed by atoms with Crippen LogP contribution in [0.3, 0.4) is 0 Å². The van der Waals surface area contributed by atoms with Crippen molar-refractivity contribution in [1.29, 1.82) is 0 Å². The van der Waals surface area contributed by atoms with Gasteiger partial charge in [-0.05, 0) is 36.8 Å². The van der Waals surface area contributed by atoms with E-state index >= 15 is 0 Å². The van der Waals surface area contributed by atoms with Crippen molar-refractivity contribution >= 4 is 26.6 Å². The van der Waals surface area contributed by atoms with Gasteiger partial charge in [0.05, 0.1) is 11.8 Å². The average Bonchev–Trinajstić information content (AvgIpc) is 3.11. The zero-order valence-electron chi connectivity index (χ0n) is 15.9. The molecule has 154 valence electrons. The Morgan fingerprint density at radius 2 is 1.79 bits per heavy atom. The number of hydrogen-bond acceptors (Lipinski definition) is 5. The van der Waals surface area contributed by atoms with E-state index in [0.717, 1.165) is 5.69 Å². The molecular formula is C19H20F2N4O3S. The molecule has 2 N–H and O–H groups in total. The van der Waals surface area contributed by atoms with Gasteiger partial charge < -0.3 is 10.0 Å². The van der Waals surface area contributed by atoms with Gasteiger partial charge in [0.2, 0.25) is 10.0 Å². The van der Waals surface area contributed by atoms with Crippen LogP contribution in [0.2, 0.25) is 0 Å². The van der Waals surface area contributed by atoms with Crippen LogP contribution < -0.4 is 4.90 Å². The Bertz CT molecular complexity index is 1200. The summed E-state index contributed by atoms with van der Waals surface area (Å²) < 4.78 is 52.9. The number of phenolic OH excluding ortho intramolecular Hbond substituents is 1. The number of phenols is 1. The van der Waals surface area contributed by atoms with Crippen LogP contribution in [-0.2, 0) is 10.0 Å². The molecule has 0 saturated carbocycles. The zero-order valence-corrected chi connectivity index (χ0v) is 16.7. The van der Waals surface area contributed by atoms with Crippen molar-refractivity contribution in [2.75, 3.05) is 37.3 Å². The molecule has 4 rings (SSSR count). The number of benzene rings is 2. The molecule has 0 unspecified atom stereocenters. The maximum atomic E-state index is 14.4. The maximum Gasteiger partial charge on any atom is 0.211 e. The molecule has 0 radical (unpaired) electrons. The van der Waals surface area contributed by atoms with E-state index in [-0.39, 0.29) is 16.8 Å². The topological polar surface area (TPSA) is 89.5 Å². The molecule has 1 fully saturated rings. The number of anilines is 1. The first kappa shape index (κ1) is 19.6. The summed E-state index contributed by atoms with van der Waals surface area (Å²) in [6, 6.07) is 6.81. The third-order valence-corrected chi connectivity index (χ3v) is 6.54. The van der Waals surface area contributed by atoms with Crippen molar-refractivity contribution in [3.8, 4) is 17.0 Å². The van der Waals surface area contributed by atoms with E-state index < -0.39 is 27.4 Å². The molecule has 1 aromatic heterocycles. The van der Waals surface area contributed by atoms with Gasteiger partial charge in [-0.25, -0.2) is 17.2 Å². The molecule has 3 aromatic rings. The second-order valence-electron chi connectivity index (χ2n) is 7.17. The molecule has 1 saturated heterocycles. The fraction of sp³-hybridized carbons (Fsp3) is 0.316. The van der Waals surface area contributed by atoms with E-state index in [9.17, 15) is 22.3 Å². The van der Waals surface area contributed by atoms with E-state index in [0.29, 0.717) is 37.1 Å². The number of nitrogens with one attached hydrogen (secondary N) is 1. The predicted molar refractivity (Wildman–Crippen MR) is 106 cm³/mol. The summed E-state index contributed by atoms with van der Waals surface area (Å²) in [5.41, 5.74) is 1.96. The lowest BCUT2D eigenvalue weighted by Gasteiger charge is -2.34.